The molecule has 0 aliphatic heterocycles. The number of ether oxygens (including phenoxy) is 1. The van der Waals surface area contributed by atoms with Crippen LogP contribution in [0.25, 0.3) is 0 Å². The normalized spacial score (nSPS) is 12.7. The van der Waals surface area contributed by atoms with Crippen molar-refractivity contribution < 1.29 is 19.1 Å². The average molecular weight is 358 g/mol. The van der Waals surface area contributed by atoms with Crippen LogP contribution in [0.3, 0.4) is 0 Å². The lowest BCUT2D eigenvalue weighted by molar-refractivity contribution is -0.154. The fourth-order valence-electron chi connectivity index (χ4n) is 2.03. The minimum absolute atomic E-state index is 0.577. The van der Waals surface area contributed by atoms with E-state index in [-0.39, 0.29) is 0 Å². The molecule has 3 N–H and O–H groups in total. The van der Waals surface area contributed by atoms with Gasteiger partial charge < -0.3 is 10.5 Å². The summed E-state index contributed by atoms with van der Waals surface area (Å²) < 4.78 is 5.22. The van der Waals surface area contributed by atoms with Crippen LogP contribution >= 0.6 is 11.8 Å². The van der Waals surface area contributed by atoms with Gasteiger partial charge in [-0.05, 0) is 24.6 Å². The molecule has 2 rings (SSSR count). The van der Waals surface area contributed by atoms with Gasteiger partial charge in [-0.1, -0.05) is 48.5 Å². The molecule has 0 fully saturated rings. The summed E-state index contributed by atoms with van der Waals surface area (Å²) in [6.07, 6.45) is -1.14. The Balaban J connectivity index is 2.16. The number of amides is 3. The Bertz CT molecular complexity index is 737. The zero-order chi connectivity index (χ0) is 18.2. The minimum atomic E-state index is -1.14. The van der Waals surface area contributed by atoms with Crippen molar-refractivity contribution in [2.24, 2.45) is 5.73 Å². The molecule has 2 aromatic rings. The Morgan fingerprint density at radius 3 is 2.12 bits per heavy atom. The van der Waals surface area contributed by atoms with Crippen molar-refractivity contribution in [3.05, 3.63) is 66.2 Å². The molecule has 0 aliphatic rings. The first kappa shape index (κ1) is 18.5. The molecule has 7 heteroatoms. The first-order valence-corrected chi connectivity index (χ1v) is 8.43. The number of imide groups is 1. The van der Waals surface area contributed by atoms with Gasteiger partial charge in [-0.15, -0.1) is 11.8 Å². The van der Waals surface area contributed by atoms with Crippen molar-refractivity contribution in [3.8, 4) is 0 Å². The van der Waals surface area contributed by atoms with Gasteiger partial charge in [-0.25, -0.2) is 4.79 Å². The predicted octanol–water partition coefficient (Wildman–Crippen LogP) is 2.65. The van der Waals surface area contributed by atoms with E-state index in [1.807, 2.05) is 66.0 Å². The van der Waals surface area contributed by atoms with Crippen molar-refractivity contribution >= 4 is 29.7 Å². The van der Waals surface area contributed by atoms with Gasteiger partial charge in [0.15, 0.2) is 6.10 Å². The van der Waals surface area contributed by atoms with Crippen LogP contribution in [0.2, 0.25) is 0 Å². The maximum atomic E-state index is 12.6. The predicted molar refractivity (Wildman–Crippen MR) is 94.8 cm³/mol. The van der Waals surface area contributed by atoms with Crippen molar-refractivity contribution in [2.45, 2.75) is 23.2 Å². The molecule has 0 aromatic heterocycles. The summed E-state index contributed by atoms with van der Waals surface area (Å²) in [7, 11) is 0. The highest BCUT2D eigenvalue weighted by molar-refractivity contribution is 8.00. The smallest absolute Gasteiger partial charge is 0.324 e. The van der Waals surface area contributed by atoms with E-state index in [0.717, 1.165) is 10.5 Å². The molecule has 0 aliphatic carbocycles. The monoisotopic (exact) mass is 358 g/mol. The molecule has 2 aromatic carbocycles. The molecular formula is C18H18N2O4S. The molecular weight excluding hydrogens is 340 g/mol. The summed E-state index contributed by atoms with van der Waals surface area (Å²) in [6.45, 7) is 1.38. The number of benzene rings is 2. The van der Waals surface area contributed by atoms with Crippen LogP contribution in [0, 0.1) is 0 Å². The Morgan fingerprint density at radius 2 is 1.56 bits per heavy atom. The number of hydrogen-bond donors (Lipinski definition) is 2. The van der Waals surface area contributed by atoms with Crippen molar-refractivity contribution in [3.63, 3.8) is 0 Å². The van der Waals surface area contributed by atoms with Crippen molar-refractivity contribution in [1.29, 1.82) is 0 Å². The number of urea groups is 1. The second-order valence-corrected chi connectivity index (χ2v) is 6.33. The number of carbonyl (C=O) groups excluding carboxylic acids is 3. The average Bonchev–Trinajstić information content (AvgIpc) is 2.60. The molecule has 25 heavy (non-hydrogen) atoms. The minimum Gasteiger partial charge on any atom is -0.451 e. The van der Waals surface area contributed by atoms with Gasteiger partial charge in [-0.3, -0.25) is 14.9 Å². The number of esters is 1. The summed E-state index contributed by atoms with van der Waals surface area (Å²) in [4.78, 5) is 36.0. The molecule has 0 bridgehead atoms. The first-order chi connectivity index (χ1) is 12.0. The lowest BCUT2D eigenvalue weighted by Crippen LogP contribution is -2.42. The maximum absolute atomic E-state index is 12.6. The van der Waals surface area contributed by atoms with Gasteiger partial charge in [0, 0.05) is 4.90 Å². The first-order valence-electron chi connectivity index (χ1n) is 7.55. The van der Waals surface area contributed by atoms with E-state index in [1.165, 1.54) is 18.7 Å². The largest absolute Gasteiger partial charge is 0.451 e. The number of hydrogen-bond acceptors (Lipinski definition) is 5. The van der Waals surface area contributed by atoms with E-state index in [9.17, 15) is 14.4 Å². The zero-order valence-electron chi connectivity index (χ0n) is 13.5. The molecule has 0 spiro atoms. The van der Waals surface area contributed by atoms with Crippen LogP contribution in [-0.2, 0) is 14.3 Å². The van der Waals surface area contributed by atoms with E-state index >= 15 is 0 Å². The summed E-state index contributed by atoms with van der Waals surface area (Å²) >= 11 is 1.32. The zero-order valence-corrected chi connectivity index (χ0v) is 14.4. The van der Waals surface area contributed by atoms with E-state index in [0.29, 0.717) is 0 Å². The standard InChI is InChI=1S/C18H18N2O4S/c1-12(16(21)20-18(19)23)24-17(22)15(13-8-4-2-5-9-13)25-14-10-6-3-7-11-14/h2-12,15H,1H3,(H3,19,20,21,23)/t12-,15-/m1/s1. The third-order valence-corrected chi connectivity index (χ3v) is 4.47. The van der Waals surface area contributed by atoms with Crippen LogP contribution in [0.5, 0.6) is 0 Å². The van der Waals surface area contributed by atoms with Gasteiger partial charge in [0.05, 0.1) is 0 Å². The molecule has 3 amide bonds. The van der Waals surface area contributed by atoms with Gasteiger partial charge in [0.1, 0.15) is 5.25 Å². The summed E-state index contributed by atoms with van der Waals surface area (Å²) in [5, 5.41) is 1.25. The lowest BCUT2D eigenvalue weighted by Gasteiger charge is -2.19. The van der Waals surface area contributed by atoms with E-state index in [4.69, 9.17) is 10.5 Å². The van der Waals surface area contributed by atoms with Crippen LogP contribution in [0.1, 0.15) is 17.7 Å². The number of nitrogens with one attached hydrogen (secondary N) is 1. The highest BCUT2D eigenvalue weighted by Gasteiger charge is 2.27. The summed E-state index contributed by atoms with van der Waals surface area (Å²) in [5.74, 6) is -1.34. The maximum Gasteiger partial charge on any atom is 0.324 e. The van der Waals surface area contributed by atoms with Gasteiger partial charge in [-0.2, -0.15) is 0 Å². The molecule has 0 heterocycles. The van der Waals surface area contributed by atoms with Crippen LogP contribution in [-0.4, -0.2) is 24.0 Å². The number of carbonyl (C=O) groups is 3. The van der Waals surface area contributed by atoms with Crippen molar-refractivity contribution in [2.75, 3.05) is 0 Å². The number of rotatable bonds is 6. The Hall–Kier alpha value is -2.80. The number of primary amides is 1. The molecule has 0 saturated carbocycles. The summed E-state index contributed by atoms with van der Waals surface area (Å²) in [5.41, 5.74) is 5.65. The SMILES string of the molecule is C[C@@H](OC(=O)[C@H](Sc1ccccc1)c1ccccc1)C(=O)NC(N)=O. The third-order valence-electron chi connectivity index (χ3n) is 3.22. The summed E-state index contributed by atoms with van der Waals surface area (Å²) in [6, 6.07) is 17.5. The molecule has 0 unspecified atom stereocenters. The highest BCUT2D eigenvalue weighted by Crippen LogP contribution is 2.36. The van der Waals surface area contributed by atoms with E-state index < -0.39 is 29.3 Å². The fraction of sp³-hybridized carbons (Fsp3) is 0.167. The van der Waals surface area contributed by atoms with Crippen LogP contribution in [0.4, 0.5) is 4.79 Å². The molecule has 130 valence electrons. The highest BCUT2D eigenvalue weighted by atomic mass is 32.2. The van der Waals surface area contributed by atoms with Crippen LogP contribution in [0.15, 0.2) is 65.6 Å². The molecule has 6 nitrogen and oxygen atoms in total. The van der Waals surface area contributed by atoms with Crippen molar-refractivity contribution in [1.82, 2.24) is 5.32 Å². The number of nitrogens with two attached hydrogens (primary N) is 1. The van der Waals surface area contributed by atoms with E-state index in [1.54, 1.807) is 0 Å². The third kappa shape index (κ3) is 5.65. The quantitative estimate of drug-likeness (QED) is 0.611. The second-order valence-electron chi connectivity index (χ2n) is 5.15. The van der Waals surface area contributed by atoms with Gasteiger partial charge in [0.25, 0.3) is 5.91 Å². The van der Waals surface area contributed by atoms with E-state index in [2.05, 4.69) is 0 Å². The molecule has 2 atom stereocenters. The Labute approximate surface area is 149 Å². The Kier molecular flexibility index (Phi) is 6.59. The van der Waals surface area contributed by atoms with Crippen LogP contribution < -0.4 is 11.1 Å². The molecule has 0 radical (unpaired) electrons. The fourth-order valence-corrected chi connectivity index (χ4v) is 3.06. The van der Waals surface area contributed by atoms with Gasteiger partial charge >= 0.3 is 12.0 Å². The molecule has 0 saturated heterocycles. The lowest BCUT2D eigenvalue weighted by atomic mass is 10.1. The van der Waals surface area contributed by atoms with Gasteiger partial charge in [0.2, 0.25) is 0 Å². The second kappa shape index (κ2) is 8.89. The number of thioether (sulfide) groups is 1. The topological polar surface area (TPSA) is 98.5 Å². The Morgan fingerprint density at radius 1 is 1.00 bits per heavy atom.